The van der Waals surface area contributed by atoms with Gasteiger partial charge in [-0.2, -0.15) is 0 Å². The lowest BCUT2D eigenvalue weighted by Gasteiger charge is -2.13. The molecule has 114 valence electrons. The number of aromatic nitrogens is 3. The zero-order valence-electron chi connectivity index (χ0n) is 12.4. The Bertz CT molecular complexity index is 735. The predicted octanol–water partition coefficient (Wildman–Crippen LogP) is 1.60. The molecule has 1 heterocycles. The van der Waals surface area contributed by atoms with Crippen molar-refractivity contribution >= 4 is 10.0 Å². The summed E-state index contributed by atoms with van der Waals surface area (Å²) in [5.74, 6) is 0.636. The molecule has 0 fully saturated rings. The van der Waals surface area contributed by atoms with Crippen molar-refractivity contribution < 1.29 is 8.42 Å². The van der Waals surface area contributed by atoms with Crippen LogP contribution in [0.1, 0.15) is 36.8 Å². The minimum Gasteiger partial charge on any atom is -0.298 e. The third-order valence-electron chi connectivity index (χ3n) is 3.39. The maximum atomic E-state index is 11.6. The Balaban J connectivity index is 2.29. The average Bonchev–Trinajstić information content (AvgIpc) is 2.81. The molecule has 0 aliphatic carbocycles. The van der Waals surface area contributed by atoms with E-state index in [1.807, 2.05) is 26.0 Å². The maximum Gasteiger partial charge on any atom is 0.273 e. The van der Waals surface area contributed by atoms with Crippen LogP contribution in [0.2, 0.25) is 0 Å². The van der Waals surface area contributed by atoms with E-state index in [-0.39, 0.29) is 11.2 Å². The molecule has 6 nitrogen and oxygen atoms in total. The fraction of sp³-hybridized carbons (Fsp3) is 0.429. The van der Waals surface area contributed by atoms with E-state index in [0.717, 1.165) is 6.42 Å². The highest BCUT2D eigenvalue weighted by Gasteiger charge is 2.22. The van der Waals surface area contributed by atoms with Crippen LogP contribution in [-0.4, -0.2) is 23.2 Å². The second-order valence-electron chi connectivity index (χ2n) is 5.33. The molecule has 0 aliphatic rings. The monoisotopic (exact) mass is 308 g/mol. The molecule has 21 heavy (non-hydrogen) atoms. The van der Waals surface area contributed by atoms with E-state index >= 15 is 0 Å². The standard InChI is InChI=1S/C14H20N4O2S/c1-10(2)18-13(16-17-14(18)21(15,19)20)9-8-12-7-5-4-6-11(12)3/h4-7,10H,8-9H2,1-3H3,(H2,15,19,20). The van der Waals surface area contributed by atoms with Crippen molar-refractivity contribution in [2.75, 3.05) is 0 Å². The van der Waals surface area contributed by atoms with Crippen molar-refractivity contribution in [1.29, 1.82) is 0 Å². The van der Waals surface area contributed by atoms with E-state index in [1.54, 1.807) is 4.57 Å². The van der Waals surface area contributed by atoms with E-state index in [4.69, 9.17) is 5.14 Å². The van der Waals surface area contributed by atoms with Gasteiger partial charge in [-0.25, -0.2) is 13.6 Å². The molecule has 2 aromatic rings. The largest absolute Gasteiger partial charge is 0.298 e. The topological polar surface area (TPSA) is 90.9 Å². The summed E-state index contributed by atoms with van der Waals surface area (Å²) in [5, 5.41) is 12.8. The van der Waals surface area contributed by atoms with Gasteiger partial charge in [0.2, 0.25) is 0 Å². The fourth-order valence-corrected chi connectivity index (χ4v) is 3.07. The van der Waals surface area contributed by atoms with Gasteiger partial charge < -0.3 is 0 Å². The molecular weight excluding hydrogens is 288 g/mol. The van der Waals surface area contributed by atoms with Crippen LogP contribution >= 0.6 is 0 Å². The maximum absolute atomic E-state index is 11.6. The molecule has 7 heteroatoms. The van der Waals surface area contributed by atoms with Gasteiger partial charge in [-0.1, -0.05) is 24.3 Å². The Morgan fingerprint density at radius 2 is 1.86 bits per heavy atom. The first-order chi connectivity index (χ1) is 9.80. The number of aryl methyl sites for hydroxylation is 3. The molecule has 0 spiro atoms. The molecule has 0 aliphatic heterocycles. The Morgan fingerprint density at radius 3 is 2.43 bits per heavy atom. The van der Waals surface area contributed by atoms with Crippen LogP contribution in [-0.2, 0) is 22.9 Å². The van der Waals surface area contributed by atoms with Crippen LogP contribution < -0.4 is 5.14 Å². The third-order valence-corrected chi connectivity index (χ3v) is 4.17. The molecule has 0 radical (unpaired) electrons. The first kappa shape index (κ1) is 15.7. The van der Waals surface area contributed by atoms with E-state index < -0.39 is 10.0 Å². The van der Waals surface area contributed by atoms with Gasteiger partial charge in [-0.05, 0) is 38.3 Å². The average molecular weight is 308 g/mol. The van der Waals surface area contributed by atoms with E-state index in [2.05, 4.69) is 29.3 Å². The van der Waals surface area contributed by atoms with Gasteiger partial charge in [-0.15, -0.1) is 10.2 Å². The van der Waals surface area contributed by atoms with Gasteiger partial charge in [0.1, 0.15) is 5.82 Å². The summed E-state index contributed by atoms with van der Waals surface area (Å²) in [6, 6.07) is 8.03. The lowest BCUT2D eigenvalue weighted by molar-refractivity contribution is 0.503. The van der Waals surface area contributed by atoms with Crippen molar-refractivity contribution in [1.82, 2.24) is 14.8 Å². The van der Waals surface area contributed by atoms with Gasteiger partial charge in [0.05, 0.1) is 0 Å². The Hall–Kier alpha value is -1.73. The summed E-state index contributed by atoms with van der Waals surface area (Å²) in [6.45, 7) is 5.82. The van der Waals surface area contributed by atoms with Crippen LogP contribution in [0.15, 0.2) is 29.4 Å². The second kappa shape index (κ2) is 5.95. The molecule has 2 N–H and O–H groups in total. The highest BCUT2D eigenvalue weighted by molar-refractivity contribution is 7.89. The number of rotatable bonds is 5. The number of sulfonamides is 1. The molecule has 0 bridgehead atoms. The van der Waals surface area contributed by atoms with Crippen molar-refractivity contribution in [2.45, 2.75) is 44.8 Å². The fourth-order valence-electron chi connectivity index (χ4n) is 2.33. The normalized spacial score (nSPS) is 12.0. The van der Waals surface area contributed by atoms with Crippen LogP contribution in [0, 0.1) is 6.92 Å². The van der Waals surface area contributed by atoms with E-state index in [9.17, 15) is 8.42 Å². The first-order valence-electron chi connectivity index (χ1n) is 6.81. The number of nitrogens with zero attached hydrogens (tertiary/aromatic N) is 3. The smallest absolute Gasteiger partial charge is 0.273 e. The molecule has 2 rings (SSSR count). The van der Waals surface area contributed by atoms with Gasteiger partial charge in [0.25, 0.3) is 15.2 Å². The summed E-state index contributed by atoms with van der Waals surface area (Å²) in [6.07, 6.45) is 1.40. The van der Waals surface area contributed by atoms with Crippen molar-refractivity contribution in [2.24, 2.45) is 5.14 Å². The SMILES string of the molecule is Cc1ccccc1CCc1nnc(S(N)(=O)=O)n1C(C)C. The predicted molar refractivity (Wildman–Crippen MR) is 80.4 cm³/mol. The number of hydrogen-bond donors (Lipinski definition) is 1. The minimum atomic E-state index is -3.86. The van der Waals surface area contributed by atoms with Gasteiger partial charge in [0, 0.05) is 12.5 Å². The molecule has 0 amide bonds. The summed E-state index contributed by atoms with van der Waals surface area (Å²) in [7, 11) is -3.86. The second-order valence-corrected chi connectivity index (χ2v) is 6.79. The van der Waals surface area contributed by atoms with Gasteiger partial charge in [0.15, 0.2) is 0 Å². The Labute approximate surface area is 125 Å². The highest BCUT2D eigenvalue weighted by atomic mass is 32.2. The minimum absolute atomic E-state index is 0.0693. The number of nitrogens with two attached hydrogens (primary N) is 1. The number of primary sulfonamides is 1. The molecule has 1 aromatic heterocycles. The molecule has 0 saturated heterocycles. The van der Waals surface area contributed by atoms with Crippen molar-refractivity contribution in [3.05, 3.63) is 41.2 Å². The number of benzene rings is 1. The van der Waals surface area contributed by atoms with Crippen LogP contribution in [0.3, 0.4) is 0 Å². The summed E-state index contributed by atoms with van der Waals surface area (Å²) >= 11 is 0. The molecular formula is C14H20N4O2S. The summed E-state index contributed by atoms with van der Waals surface area (Å²) < 4.78 is 24.7. The molecule has 1 aromatic carbocycles. The first-order valence-corrected chi connectivity index (χ1v) is 8.36. The lowest BCUT2D eigenvalue weighted by Crippen LogP contribution is -2.20. The molecule has 0 saturated carbocycles. The molecule has 0 atom stereocenters. The van der Waals surface area contributed by atoms with E-state index in [1.165, 1.54) is 11.1 Å². The van der Waals surface area contributed by atoms with Crippen LogP contribution in [0.5, 0.6) is 0 Å². The van der Waals surface area contributed by atoms with Crippen molar-refractivity contribution in [3.63, 3.8) is 0 Å². The lowest BCUT2D eigenvalue weighted by atomic mass is 10.0. The van der Waals surface area contributed by atoms with Crippen LogP contribution in [0.25, 0.3) is 0 Å². The van der Waals surface area contributed by atoms with Gasteiger partial charge >= 0.3 is 0 Å². The Kier molecular flexibility index (Phi) is 4.43. The van der Waals surface area contributed by atoms with E-state index in [0.29, 0.717) is 12.2 Å². The van der Waals surface area contributed by atoms with Gasteiger partial charge in [-0.3, -0.25) is 4.57 Å². The Morgan fingerprint density at radius 1 is 1.19 bits per heavy atom. The van der Waals surface area contributed by atoms with Crippen molar-refractivity contribution in [3.8, 4) is 0 Å². The highest BCUT2D eigenvalue weighted by Crippen LogP contribution is 2.17. The van der Waals surface area contributed by atoms with Crippen LogP contribution in [0.4, 0.5) is 0 Å². The quantitative estimate of drug-likeness (QED) is 0.908. The zero-order chi connectivity index (χ0) is 15.6. The third kappa shape index (κ3) is 3.48. The zero-order valence-corrected chi connectivity index (χ0v) is 13.3. The number of hydrogen-bond acceptors (Lipinski definition) is 4. The summed E-state index contributed by atoms with van der Waals surface area (Å²) in [5.41, 5.74) is 2.42. The molecule has 0 unspecified atom stereocenters. The summed E-state index contributed by atoms with van der Waals surface area (Å²) in [4.78, 5) is 0.